The summed E-state index contributed by atoms with van der Waals surface area (Å²) in [5, 5.41) is 8.05. The fourth-order valence-electron chi connectivity index (χ4n) is 3.32. The van der Waals surface area contributed by atoms with Crippen LogP contribution in [0.4, 0.5) is 0 Å². The monoisotopic (exact) mass is 293 g/mol. The molecule has 1 saturated heterocycles. The van der Waals surface area contributed by atoms with Crippen LogP contribution < -0.4 is 5.32 Å². The summed E-state index contributed by atoms with van der Waals surface area (Å²) in [5.74, 6) is 1.69. The highest BCUT2D eigenvalue weighted by Crippen LogP contribution is 2.28. The first-order valence-electron chi connectivity index (χ1n) is 8.36. The van der Waals surface area contributed by atoms with E-state index in [-0.39, 0.29) is 5.54 Å². The van der Waals surface area contributed by atoms with Gasteiger partial charge in [-0.25, -0.2) is 9.67 Å². The lowest BCUT2D eigenvalue weighted by Crippen LogP contribution is -2.63. The molecular weight excluding hydrogens is 262 g/mol. The van der Waals surface area contributed by atoms with Crippen LogP contribution in [0.3, 0.4) is 0 Å². The summed E-state index contributed by atoms with van der Waals surface area (Å²) in [4.78, 5) is 7.13. The molecular formula is C16H31N5. The van der Waals surface area contributed by atoms with E-state index in [0.29, 0.717) is 12.0 Å². The molecule has 0 amide bonds. The Kier molecular flexibility index (Phi) is 5.38. The van der Waals surface area contributed by atoms with Crippen LogP contribution in [0.25, 0.3) is 0 Å². The minimum atomic E-state index is 0.251. The fraction of sp³-hybridized carbons (Fsp3) is 0.875. The van der Waals surface area contributed by atoms with Crippen molar-refractivity contribution >= 4 is 0 Å². The van der Waals surface area contributed by atoms with Crippen molar-refractivity contribution in [2.75, 3.05) is 13.1 Å². The maximum absolute atomic E-state index is 4.51. The van der Waals surface area contributed by atoms with Gasteiger partial charge in [0.25, 0.3) is 0 Å². The number of nitrogens with zero attached hydrogens (tertiary/aromatic N) is 4. The predicted molar refractivity (Wildman–Crippen MR) is 86.0 cm³/mol. The molecule has 1 unspecified atom stereocenters. The molecule has 21 heavy (non-hydrogen) atoms. The van der Waals surface area contributed by atoms with Gasteiger partial charge in [-0.3, -0.25) is 4.90 Å². The molecule has 2 rings (SSSR count). The lowest BCUT2D eigenvalue weighted by atomic mass is 9.87. The van der Waals surface area contributed by atoms with E-state index in [1.54, 1.807) is 6.33 Å². The maximum atomic E-state index is 4.51. The molecule has 1 aromatic rings. The topological polar surface area (TPSA) is 46.0 Å². The second-order valence-electron chi connectivity index (χ2n) is 6.85. The van der Waals surface area contributed by atoms with Gasteiger partial charge in [-0.2, -0.15) is 5.10 Å². The van der Waals surface area contributed by atoms with Gasteiger partial charge in [-0.1, -0.05) is 27.7 Å². The summed E-state index contributed by atoms with van der Waals surface area (Å²) in [6.45, 7) is 15.3. The van der Waals surface area contributed by atoms with Gasteiger partial charge in [0.1, 0.15) is 12.2 Å². The highest BCUT2D eigenvalue weighted by molar-refractivity contribution is 4.99. The van der Waals surface area contributed by atoms with Crippen molar-refractivity contribution in [3.63, 3.8) is 0 Å². The van der Waals surface area contributed by atoms with Crippen LogP contribution in [0.2, 0.25) is 0 Å². The third kappa shape index (κ3) is 3.64. The Morgan fingerprint density at radius 1 is 1.38 bits per heavy atom. The van der Waals surface area contributed by atoms with Gasteiger partial charge >= 0.3 is 0 Å². The average Bonchev–Trinajstić information content (AvgIpc) is 2.86. The van der Waals surface area contributed by atoms with Crippen LogP contribution in [-0.2, 0) is 13.1 Å². The number of piperazine rings is 1. The van der Waals surface area contributed by atoms with Crippen LogP contribution in [0, 0.1) is 5.92 Å². The minimum absolute atomic E-state index is 0.251. The van der Waals surface area contributed by atoms with E-state index in [2.05, 4.69) is 59.6 Å². The lowest BCUT2D eigenvalue weighted by Gasteiger charge is -2.49. The van der Waals surface area contributed by atoms with E-state index < -0.39 is 0 Å². The molecule has 1 N–H and O–H groups in total. The van der Waals surface area contributed by atoms with Crippen LogP contribution in [0.5, 0.6) is 0 Å². The number of hydrogen-bond acceptors (Lipinski definition) is 4. The van der Waals surface area contributed by atoms with E-state index in [1.807, 2.05) is 0 Å². The van der Waals surface area contributed by atoms with Crippen molar-refractivity contribution in [2.45, 2.75) is 72.1 Å². The summed E-state index contributed by atoms with van der Waals surface area (Å²) in [5.41, 5.74) is 0.251. The zero-order valence-electron chi connectivity index (χ0n) is 14.3. The molecule has 0 aromatic carbocycles. The zero-order chi connectivity index (χ0) is 15.5. The standard InChI is InChI=1S/C16H31N5/c1-6-16(7-2)11-17-14(5)9-20(16)10-15-18-12-19-21(15)8-13(3)4/h12-14,17H,6-11H2,1-5H3. The first-order chi connectivity index (χ1) is 10.0. The van der Waals surface area contributed by atoms with Gasteiger partial charge in [0.2, 0.25) is 0 Å². The SMILES string of the molecule is CCC1(CC)CNC(C)CN1Cc1ncnn1CC(C)C. The molecule has 0 spiro atoms. The fourth-order valence-corrected chi connectivity index (χ4v) is 3.32. The van der Waals surface area contributed by atoms with Crippen LogP contribution >= 0.6 is 0 Å². The van der Waals surface area contributed by atoms with Gasteiger partial charge in [-0.05, 0) is 25.7 Å². The molecule has 1 fully saturated rings. The molecule has 5 nitrogen and oxygen atoms in total. The maximum Gasteiger partial charge on any atom is 0.141 e. The normalized spacial score (nSPS) is 22.9. The van der Waals surface area contributed by atoms with E-state index in [1.165, 1.54) is 12.8 Å². The average molecular weight is 293 g/mol. The molecule has 0 aliphatic carbocycles. The molecule has 0 saturated carbocycles. The second kappa shape index (κ2) is 6.88. The third-order valence-electron chi connectivity index (χ3n) is 4.83. The molecule has 5 heteroatoms. The van der Waals surface area contributed by atoms with Crippen molar-refractivity contribution in [3.8, 4) is 0 Å². The first kappa shape index (κ1) is 16.4. The first-order valence-corrected chi connectivity index (χ1v) is 8.36. The molecule has 0 bridgehead atoms. The Morgan fingerprint density at radius 3 is 2.71 bits per heavy atom. The largest absolute Gasteiger partial charge is 0.311 e. The smallest absolute Gasteiger partial charge is 0.141 e. The quantitative estimate of drug-likeness (QED) is 0.874. The highest BCUT2D eigenvalue weighted by Gasteiger charge is 2.38. The Labute approximate surface area is 129 Å². The summed E-state index contributed by atoms with van der Waals surface area (Å²) in [6.07, 6.45) is 4.03. The van der Waals surface area contributed by atoms with E-state index in [0.717, 1.165) is 32.0 Å². The molecule has 1 atom stereocenters. The van der Waals surface area contributed by atoms with Gasteiger partial charge in [-0.15, -0.1) is 0 Å². The van der Waals surface area contributed by atoms with E-state index in [9.17, 15) is 0 Å². The number of rotatable bonds is 6. The number of hydrogen-bond donors (Lipinski definition) is 1. The lowest BCUT2D eigenvalue weighted by molar-refractivity contribution is 0.0245. The van der Waals surface area contributed by atoms with Crippen LogP contribution in [-0.4, -0.2) is 44.3 Å². The van der Waals surface area contributed by atoms with Crippen molar-refractivity contribution < 1.29 is 0 Å². The van der Waals surface area contributed by atoms with Crippen molar-refractivity contribution in [2.24, 2.45) is 5.92 Å². The van der Waals surface area contributed by atoms with E-state index in [4.69, 9.17) is 0 Å². The summed E-state index contributed by atoms with van der Waals surface area (Å²) in [6, 6.07) is 0.540. The third-order valence-corrected chi connectivity index (χ3v) is 4.83. The summed E-state index contributed by atoms with van der Waals surface area (Å²) >= 11 is 0. The van der Waals surface area contributed by atoms with E-state index >= 15 is 0 Å². The minimum Gasteiger partial charge on any atom is -0.311 e. The molecule has 1 aromatic heterocycles. The predicted octanol–water partition coefficient (Wildman–Crippen LogP) is 2.29. The Bertz CT molecular complexity index is 436. The summed E-state index contributed by atoms with van der Waals surface area (Å²) in [7, 11) is 0. The zero-order valence-corrected chi connectivity index (χ0v) is 14.3. The Balaban J connectivity index is 2.17. The summed E-state index contributed by atoms with van der Waals surface area (Å²) < 4.78 is 2.08. The van der Waals surface area contributed by atoms with Crippen LogP contribution in [0.1, 0.15) is 53.3 Å². The van der Waals surface area contributed by atoms with Crippen molar-refractivity contribution in [3.05, 3.63) is 12.2 Å². The van der Waals surface area contributed by atoms with Gasteiger partial charge in [0.05, 0.1) is 6.54 Å². The number of nitrogens with one attached hydrogen (secondary N) is 1. The molecule has 1 aliphatic heterocycles. The van der Waals surface area contributed by atoms with Gasteiger partial charge in [0.15, 0.2) is 0 Å². The van der Waals surface area contributed by atoms with Gasteiger partial charge < -0.3 is 5.32 Å². The highest BCUT2D eigenvalue weighted by atomic mass is 15.4. The van der Waals surface area contributed by atoms with Crippen LogP contribution in [0.15, 0.2) is 6.33 Å². The Morgan fingerprint density at radius 2 is 2.10 bits per heavy atom. The Hall–Kier alpha value is -0.940. The van der Waals surface area contributed by atoms with Gasteiger partial charge in [0, 0.05) is 31.2 Å². The van der Waals surface area contributed by atoms with Crippen molar-refractivity contribution in [1.29, 1.82) is 0 Å². The number of aromatic nitrogens is 3. The molecule has 0 radical (unpaired) electrons. The molecule has 2 heterocycles. The molecule has 1 aliphatic rings. The molecule has 120 valence electrons. The second-order valence-corrected chi connectivity index (χ2v) is 6.85. The van der Waals surface area contributed by atoms with Crippen molar-refractivity contribution in [1.82, 2.24) is 25.0 Å².